The number of pyridine rings is 1. The minimum atomic E-state index is -0.245. The van der Waals surface area contributed by atoms with Gasteiger partial charge in [0.05, 0.1) is 11.2 Å². The summed E-state index contributed by atoms with van der Waals surface area (Å²) < 4.78 is 10.6. The van der Waals surface area contributed by atoms with E-state index in [1.54, 1.807) is 18.3 Å². The molecule has 6 nitrogen and oxygen atoms in total. The molecular weight excluding hydrogens is 330 g/mol. The summed E-state index contributed by atoms with van der Waals surface area (Å²) in [5.74, 6) is 1.34. The SMILES string of the molecule is CC(C)CC[C@@H](C)NC(=O)c1cc(COc2cncc(Cl)c2)on1. The van der Waals surface area contributed by atoms with Crippen LogP contribution < -0.4 is 10.1 Å². The Hall–Kier alpha value is -2.08. The number of hydrogen-bond donors (Lipinski definition) is 1. The molecule has 24 heavy (non-hydrogen) atoms. The van der Waals surface area contributed by atoms with Gasteiger partial charge in [0.25, 0.3) is 5.91 Å². The van der Waals surface area contributed by atoms with E-state index in [2.05, 4.69) is 29.3 Å². The van der Waals surface area contributed by atoms with Crippen LogP contribution in [0, 0.1) is 5.92 Å². The highest BCUT2D eigenvalue weighted by Crippen LogP contribution is 2.17. The number of amides is 1. The maximum atomic E-state index is 12.1. The molecule has 1 atom stereocenters. The van der Waals surface area contributed by atoms with Crippen molar-refractivity contribution in [1.82, 2.24) is 15.5 Å². The van der Waals surface area contributed by atoms with Crippen LogP contribution in [0.3, 0.4) is 0 Å². The number of nitrogens with one attached hydrogen (secondary N) is 1. The Morgan fingerprint density at radius 2 is 2.08 bits per heavy atom. The third-order valence-corrected chi connectivity index (χ3v) is 3.61. The molecule has 0 unspecified atom stereocenters. The fourth-order valence-electron chi connectivity index (χ4n) is 2.07. The first-order chi connectivity index (χ1) is 11.4. The molecule has 1 N–H and O–H groups in total. The zero-order valence-corrected chi connectivity index (χ0v) is 14.8. The predicted octanol–water partition coefficient (Wildman–Crippen LogP) is 3.86. The van der Waals surface area contributed by atoms with Gasteiger partial charge in [0.1, 0.15) is 12.4 Å². The van der Waals surface area contributed by atoms with Gasteiger partial charge >= 0.3 is 0 Å². The van der Waals surface area contributed by atoms with Crippen molar-refractivity contribution in [3.63, 3.8) is 0 Å². The molecule has 0 saturated carbocycles. The van der Waals surface area contributed by atoms with E-state index in [0.29, 0.717) is 22.5 Å². The first kappa shape index (κ1) is 18.3. The lowest BCUT2D eigenvalue weighted by atomic mass is 10.0. The van der Waals surface area contributed by atoms with Crippen LogP contribution in [0.25, 0.3) is 0 Å². The van der Waals surface area contributed by atoms with E-state index in [1.807, 2.05) is 6.92 Å². The second-order valence-electron chi connectivity index (χ2n) is 6.15. The van der Waals surface area contributed by atoms with Gasteiger partial charge < -0.3 is 14.6 Å². The fourth-order valence-corrected chi connectivity index (χ4v) is 2.23. The van der Waals surface area contributed by atoms with Crippen molar-refractivity contribution in [3.05, 3.63) is 41.0 Å². The molecule has 0 aliphatic rings. The Morgan fingerprint density at radius 3 is 2.79 bits per heavy atom. The molecule has 0 radical (unpaired) electrons. The number of hydrogen-bond acceptors (Lipinski definition) is 5. The standard InChI is InChI=1S/C17H22ClN3O3/c1-11(2)4-5-12(3)20-17(22)16-7-15(24-21-16)10-23-14-6-13(18)8-19-9-14/h6-9,11-12H,4-5,10H2,1-3H3,(H,20,22)/t12-/m1/s1. The van der Waals surface area contributed by atoms with Crippen molar-refractivity contribution in [2.75, 3.05) is 0 Å². The number of halogens is 1. The van der Waals surface area contributed by atoms with Gasteiger partial charge in [-0.25, -0.2) is 0 Å². The number of aromatic nitrogens is 2. The zero-order valence-electron chi connectivity index (χ0n) is 14.1. The Bertz CT molecular complexity index is 673. The molecule has 7 heteroatoms. The quantitative estimate of drug-likeness (QED) is 0.781. The topological polar surface area (TPSA) is 77.2 Å². The molecule has 0 aromatic carbocycles. The average molecular weight is 352 g/mol. The minimum Gasteiger partial charge on any atom is -0.484 e. The van der Waals surface area contributed by atoms with Gasteiger partial charge in [0.15, 0.2) is 11.5 Å². The van der Waals surface area contributed by atoms with E-state index in [0.717, 1.165) is 12.8 Å². The molecule has 2 heterocycles. The second-order valence-corrected chi connectivity index (χ2v) is 6.59. The lowest BCUT2D eigenvalue weighted by Gasteiger charge is -2.13. The fraction of sp³-hybridized carbons (Fsp3) is 0.471. The van der Waals surface area contributed by atoms with E-state index in [4.69, 9.17) is 20.9 Å². The average Bonchev–Trinajstić information content (AvgIpc) is 3.00. The molecular formula is C17H22ClN3O3. The van der Waals surface area contributed by atoms with Gasteiger partial charge in [-0.15, -0.1) is 0 Å². The van der Waals surface area contributed by atoms with Crippen LogP contribution in [0.5, 0.6) is 5.75 Å². The molecule has 1 amide bonds. The van der Waals surface area contributed by atoms with Crippen LogP contribution in [0.15, 0.2) is 29.0 Å². The first-order valence-electron chi connectivity index (χ1n) is 7.94. The van der Waals surface area contributed by atoms with Crippen molar-refractivity contribution in [2.24, 2.45) is 5.92 Å². The number of nitrogens with zero attached hydrogens (tertiary/aromatic N) is 2. The van der Waals surface area contributed by atoms with E-state index in [1.165, 1.54) is 6.20 Å². The van der Waals surface area contributed by atoms with Gasteiger partial charge in [0.2, 0.25) is 0 Å². The van der Waals surface area contributed by atoms with E-state index < -0.39 is 0 Å². The summed E-state index contributed by atoms with van der Waals surface area (Å²) in [4.78, 5) is 16.1. The Morgan fingerprint density at radius 1 is 1.29 bits per heavy atom. The summed E-state index contributed by atoms with van der Waals surface area (Å²) in [6.07, 6.45) is 5.06. The normalized spacial score (nSPS) is 12.2. The Kier molecular flexibility index (Phi) is 6.61. The summed E-state index contributed by atoms with van der Waals surface area (Å²) in [6, 6.07) is 3.31. The lowest BCUT2D eigenvalue weighted by Crippen LogP contribution is -2.32. The highest BCUT2D eigenvalue weighted by Gasteiger charge is 2.15. The van der Waals surface area contributed by atoms with Crippen LogP contribution in [-0.2, 0) is 6.61 Å². The van der Waals surface area contributed by atoms with E-state index in [9.17, 15) is 4.79 Å². The molecule has 0 saturated heterocycles. The summed E-state index contributed by atoms with van der Waals surface area (Å²) in [7, 11) is 0. The van der Waals surface area contributed by atoms with Gasteiger partial charge in [-0.1, -0.05) is 30.6 Å². The molecule has 2 rings (SSSR count). The summed E-state index contributed by atoms with van der Waals surface area (Å²) in [5.41, 5.74) is 0.245. The Balaban J connectivity index is 1.84. The second kappa shape index (κ2) is 8.68. The molecule has 0 aliphatic heterocycles. The van der Waals surface area contributed by atoms with E-state index in [-0.39, 0.29) is 24.2 Å². The maximum Gasteiger partial charge on any atom is 0.273 e. The first-order valence-corrected chi connectivity index (χ1v) is 8.31. The molecule has 2 aromatic rings. The monoisotopic (exact) mass is 351 g/mol. The number of carbonyl (C=O) groups excluding carboxylic acids is 1. The van der Waals surface area contributed by atoms with Crippen LogP contribution in [0.2, 0.25) is 5.02 Å². The molecule has 2 aromatic heterocycles. The van der Waals surface area contributed by atoms with Crippen molar-refractivity contribution >= 4 is 17.5 Å². The molecule has 0 bridgehead atoms. The number of rotatable bonds is 8. The molecule has 0 spiro atoms. The smallest absolute Gasteiger partial charge is 0.273 e. The van der Waals surface area contributed by atoms with Gasteiger partial charge in [-0.05, 0) is 25.7 Å². The van der Waals surface area contributed by atoms with Crippen LogP contribution in [-0.4, -0.2) is 22.1 Å². The molecule has 130 valence electrons. The lowest BCUT2D eigenvalue weighted by molar-refractivity contribution is 0.0927. The largest absolute Gasteiger partial charge is 0.484 e. The third kappa shape index (κ3) is 5.85. The van der Waals surface area contributed by atoms with Crippen LogP contribution in [0.1, 0.15) is 49.9 Å². The van der Waals surface area contributed by atoms with E-state index >= 15 is 0 Å². The van der Waals surface area contributed by atoms with Crippen molar-refractivity contribution in [2.45, 2.75) is 46.3 Å². The van der Waals surface area contributed by atoms with Crippen LogP contribution in [0.4, 0.5) is 0 Å². The van der Waals surface area contributed by atoms with Gasteiger partial charge in [0, 0.05) is 24.4 Å². The maximum absolute atomic E-state index is 12.1. The van der Waals surface area contributed by atoms with Crippen molar-refractivity contribution in [1.29, 1.82) is 0 Å². The van der Waals surface area contributed by atoms with Gasteiger partial charge in [-0.2, -0.15) is 0 Å². The summed E-state index contributed by atoms with van der Waals surface area (Å²) in [6.45, 7) is 6.45. The van der Waals surface area contributed by atoms with Gasteiger partial charge in [-0.3, -0.25) is 9.78 Å². The third-order valence-electron chi connectivity index (χ3n) is 3.41. The zero-order chi connectivity index (χ0) is 17.5. The number of carbonyl (C=O) groups is 1. The summed E-state index contributed by atoms with van der Waals surface area (Å²) in [5, 5.41) is 7.19. The van der Waals surface area contributed by atoms with Crippen LogP contribution >= 0.6 is 11.6 Å². The highest BCUT2D eigenvalue weighted by atomic mass is 35.5. The minimum absolute atomic E-state index is 0.0915. The Labute approximate surface area is 146 Å². The summed E-state index contributed by atoms with van der Waals surface area (Å²) >= 11 is 5.83. The van der Waals surface area contributed by atoms with Crippen molar-refractivity contribution < 1.29 is 14.1 Å². The molecule has 0 aliphatic carbocycles. The van der Waals surface area contributed by atoms with Crippen molar-refractivity contribution in [3.8, 4) is 5.75 Å². The number of ether oxygens (including phenoxy) is 1. The molecule has 0 fully saturated rings. The predicted molar refractivity (Wildman–Crippen MR) is 91.1 cm³/mol. The highest BCUT2D eigenvalue weighted by molar-refractivity contribution is 6.30.